The second kappa shape index (κ2) is 8.05. The molecule has 3 rings (SSSR count). The first-order chi connectivity index (χ1) is 12.5. The van der Waals surface area contributed by atoms with E-state index >= 15 is 0 Å². The standard InChI is InChI=1S/C19H13BrF2N2O2/c20-15-8-9-16(18-14(15)2-1-11-23-18)24-17(25)10-5-12-3-6-13(7-4-12)26-19(21)22/h1-11,19H,(H,24,25). The topological polar surface area (TPSA) is 51.2 Å². The zero-order valence-corrected chi connectivity index (χ0v) is 14.9. The van der Waals surface area contributed by atoms with Crippen molar-refractivity contribution < 1.29 is 18.3 Å². The minimum Gasteiger partial charge on any atom is -0.435 e. The number of nitrogens with one attached hydrogen (secondary N) is 1. The van der Waals surface area contributed by atoms with Gasteiger partial charge in [-0.3, -0.25) is 9.78 Å². The predicted octanol–water partition coefficient (Wildman–Crippen LogP) is 5.25. The van der Waals surface area contributed by atoms with Gasteiger partial charge in [0.05, 0.1) is 11.2 Å². The van der Waals surface area contributed by atoms with E-state index in [-0.39, 0.29) is 11.7 Å². The molecule has 0 spiro atoms. The highest BCUT2D eigenvalue weighted by Crippen LogP contribution is 2.28. The molecule has 0 saturated heterocycles. The molecule has 0 aliphatic carbocycles. The molecule has 2 aromatic carbocycles. The zero-order valence-electron chi connectivity index (χ0n) is 13.3. The first-order valence-electron chi connectivity index (χ1n) is 7.60. The van der Waals surface area contributed by atoms with E-state index in [1.165, 1.54) is 18.2 Å². The van der Waals surface area contributed by atoms with Crippen molar-refractivity contribution in [2.75, 3.05) is 5.32 Å². The number of hydrogen-bond acceptors (Lipinski definition) is 3. The summed E-state index contributed by atoms with van der Waals surface area (Å²) in [5, 5.41) is 3.68. The van der Waals surface area contributed by atoms with Crippen LogP contribution in [-0.2, 0) is 4.79 Å². The van der Waals surface area contributed by atoms with E-state index < -0.39 is 6.61 Å². The molecule has 0 saturated carbocycles. The fourth-order valence-corrected chi connectivity index (χ4v) is 2.80. The van der Waals surface area contributed by atoms with Gasteiger partial charge in [0.2, 0.25) is 5.91 Å². The van der Waals surface area contributed by atoms with Crippen LogP contribution in [0.15, 0.2) is 65.3 Å². The van der Waals surface area contributed by atoms with Crippen LogP contribution < -0.4 is 10.1 Å². The van der Waals surface area contributed by atoms with Crippen LogP contribution in [-0.4, -0.2) is 17.5 Å². The number of aromatic nitrogens is 1. The van der Waals surface area contributed by atoms with E-state index in [9.17, 15) is 13.6 Å². The van der Waals surface area contributed by atoms with Crippen LogP contribution in [0.3, 0.4) is 0 Å². The maximum atomic E-state index is 12.2. The number of fused-ring (bicyclic) bond motifs is 1. The van der Waals surface area contributed by atoms with Crippen molar-refractivity contribution in [2.45, 2.75) is 6.61 Å². The number of alkyl halides is 2. The lowest BCUT2D eigenvalue weighted by Crippen LogP contribution is -2.08. The van der Waals surface area contributed by atoms with Gasteiger partial charge in [-0.05, 0) is 42.0 Å². The lowest BCUT2D eigenvalue weighted by atomic mass is 10.2. The van der Waals surface area contributed by atoms with Gasteiger partial charge in [-0.1, -0.05) is 34.1 Å². The Hall–Kier alpha value is -2.80. The summed E-state index contributed by atoms with van der Waals surface area (Å²) in [6, 6.07) is 13.3. The highest BCUT2D eigenvalue weighted by atomic mass is 79.9. The largest absolute Gasteiger partial charge is 0.435 e. The van der Waals surface area contributed by atoms with Gasteiger partial charge in [-0.2, -0.15) is 8.78 Å². The Balaban J connectivity index is 1.71. The number of ether oxygens (including phenoxy) is 1. The Bertz CT molecular complexity index is 959. The van der Waals surface area contributed by atoms with Crippen molar-refractivity contribution in [3.8, 4) is 5.75 Å². The third-order valence-electron chi connectivity index (χ3n) is 3.51. The molecule has 0 fully saturated rings. The average Bonchev–Trinajstić information content (AvgIpc) is 2.63. The molecule has 1 aromatic heterocycles. The summed E-state index contributed by atoms with van der Waals surface area (Å²) in [6.07, 6.45) is 4.60. The first kappa shape index (κ1) is 18.0. The number of benzene rings is 2. The maximum absolute atomic E-state index is 12.2. The number of carbonyl (C=O) groups is 1. The third kappa shape index (κ3) is 4.43. The van der Waals surface area contributed by atoms with E-state index in [1.807, 2.05) is 18.2 Å². The van der Waals surface area contributed by atoms with Crippen LogP contribution in [0.4, 0.5) is 14.5 Å². The van der Waals surface area contributed by atoms with Crippen molar-refractivity contribution in [2.24, 2.45) is 0 Å². The number of amides is 1. The molecule has 0 aliphatic rings. The van der Waals surface area contributed by atoms with E-state index in [0.717, 1.165) is 9.86 Å². The Morgan fingerprint density at radius 3 is 2.65 bits per heavy atom. The number of rotatable bonds is 5. The second-order valence-corrected chi connectivity index (χ2v) is 6.12. The van der Waals surface area contributed by atoms with Crippen molar-refractivity contribution in [1.82, 2.24) is 4.98 Å². The smallest absolute Gasteiger partial charge is 0.387 e. The Morgan fingerprint density at radius 1 is 1.15 bits per heavy atom. The highest BCUT2D eigenvalue weighted by molar-refractivity contribution is 9.10. The summed E-state index contributed by atoms with van der Waals surface area (Å²) in [5.41, 5.74) is 1.96. The maximum Gasteiger partial charge on any atom is 0.387 e. The lowest BCUT2D eigenvalue weighted by Gasteiger charge is -2.07. The van der Waals surface area contributed by atoms with Crippen LogP contribution in [0, 0.1) is 0 Å². The number of pyridine rings is 1. The Labute approximate surface area is 156 Å². The molecular formula is C19H13BrF2N2O2. The first-order valence-corrected chi connectivity index (χ1v) is 8.39. The number of nitrogens with zero attached hydrogens (tertiary/aromatic N) is 1. The van der Waals surface area contributed by atoms with Crippen LogP contribution in [0.2, 0.25) is 0 Å². The number of carbonyl (C=O) groups excluding carboxylic acids is 1. The van der Waals surface area contributed by atoms with Crippen molar-refractivity contribution in [1.29, 1.82) is 0 Å². The number of hydrogen-bond donors (Lipinski definition) is 1. The minimum atomic E-state index is -2.86. The minimum absolute atomic E-state index is 0.0639. The van der Waals surface area contributed by atoms with Crippen LogP contribution >= 0.6 is 15.9 Å². The number of anilines is 1. The van der Waals surface area contributed by atoms with Gasteiger partial charge in [0.25, 0.3) is 0 Å². The van der Waals surface area contributed by atoms with Gasteiger partial charge in [0.1, 0.15) is 5.75 Å². The predicted molar refractivity (Wildman–Crippen MR) is 100 cm³/mol. The molecule has 132 valence electrons. The van der Waals surface area contributed by atoms with E-state index in [2.05, 4.69) is 31.0 Å². The van der Waals surface area contributed by atoms with Crippen LogP contribution in [0.25, 0.3) is 17.0 Å². The van der Waals surface area contributed by atoms with E-state index in [0.29, 0.717) is 16.8 Å². The lowest BCUT2D eigenvalue weighted by molar-refractivity contribution is -0.111. The summed E-state index contributed by atoms with van der Waals surface area (Å²) >= 11 is 3.46. The van der Waals surface area contributed by atoms with Crippen molar-refractivity contribution in [3.63, 3.8) is 0 Å². The third-order valence-corrected chi connectivity index (χ3v) is 4.20. The van der Waals surface area contributed by atoms with Crippen molar-refractivity contribution in [3.05, 3.63) is 70.8 Å². The van der Waals surface area contributed by atoms with Gasteiger partial charge in [-0.15, -0.1) is 0 Å². The molecule has 1 N–H and O–H groups in total. The molecule has 0 radical (unpaired) electrons. The quantitative estimate of drug-likeness (QED) is 0.575. The molecule has 26 heavy (non-hydrogen) atoms. The highest BCUT2D eigenvalue weighted by Gasteiger charge is 2.07. The summed E-state index contributed by atoms with van der Waals surface area (Å²) in [6.45, 7) is -2.86. The van der Waals surface area contributed by atoms with Crippen molar-refractivity contribution >= 4 is 44.5 Å². The molecule has 1 heterocycles. The SMILES string of the molecule is O=C(C=Cc1ccc(OC(F)F)cc1)Nc1ccc(Br)c2cccnc12. The Morgan fingerprint density at radius 2 is 1.92 bits per heavy atom. The summed E-state index contributed by atoms with van der Waals surface area (Å²) in [7, 11) is 0. The molecule has 0 unspecified atom stereocenters. The summed E-state index contributed by atoms with van der Waals surface area (Å²) < 4.78 is 29.4. The monoisotopic (exact) mass is 418 g/mol. The van der Waals surface area contributed by atoms with Gasteiger partial charge in [0.15, 0.2) is 0 Å². The molecule has 7 heteroatoms. The van der Waals surface area contributed by atoms with Gasteiger partial charge >= 0.3 is 6.61 Å². The van der Waals surface area contributed by atoms with E-state index in [4.69, 9.17) is 0 Å². The molecule has 4 nitrogen and oxygen atoms in total. The molecular weight excluding hydrogens is 406 g/mol. The van der Waals surface area contributed by atoms with E-state index in [1.54, 1.807) is 30.5 Å². The molecule has 3 aromatic rings. The van der Waals surface area contributed by atoms with Gasteiger partial charge < -0.3 is 10.1 Å². The van der Waals surface area contributed by atoms with Crippen LogP contribution in [0.5, 0.6) is 5.75 Å². The summed E-state index contributed by atoms with van der Waals surface area (Å²) in [4.78, 5) is 16.5. The zero-order chi connectivity index (χ0) is 18.5. The fraction of sp³-hybridized carbons (Fsp3) is 0.0526. The molecule has 0 bridgehead atoms. The van der Waals surface area contributed by atoms with Gasteiger partial charge in [0, 0.05) is 22.1 Å². The fourth-order valence-electron chi connectivity index (χ4n) is 2.35. The Kier molecular flexibility index (Phi) is 5.58. The molecule has 1 amide bonds. The normalized spacial score (nSPS) is 11.2. The molecule has 0 aliphatic heterocycles. The second-order valence-electron chi connectivity index (χ2n) is 5.26. The summed E-state index contributed by atoms with van der Waals surface area (Å²) in [5.74, 6) is -0.263. The molecule has 0 atom stereocenters. The number of halogens is 3. The van der Waals surface area contributed by atoms with Gasteiger partial charge in [-0.25, -0.2) is 0 Å². The average molecular weight is 419 g/mol. The van der Waals surface area contributed by atoms with Crippen LogP contribution in [0.1, 0.15) is 5.56 Å².